The molecule has 0 saturated carbocycles. The lowest BCUT2D eigenvalue weighted by Crippen LogP contribution is -2.14. The molecule has 0 fully saturated rings. The van der Waals surface area contributed by atoms with Gasteiger partial charge in [-0.15, -0.1) is 0 Å². The summed E-state index contributed by atoms with van der Waals surface area (Å²) in [5, 5.41) is 8.61. The zero-order valence-electron chi connectivity index (χ0n) is 6.73. The van der Waals surface area contributed by atoms with Gasteiger partial charge in [0.05, 0.1) is 5.57 Å². The number of allylic oxidation sites excluding steroid dienone is 2. The Hall–Kier alpha value is -1.38. The summed E-state index contributed by atoms with van der Waals surface area (Å²) in [4.78, 5) is 20.9. The molecule has 2 atom stereocenters. The summed E-state index contributed by atoms with van der Waals surface area (Å²) >= 11 is 0. The molecule has 1 aliphatic rings. The molecule has 0 radical (unpaired) electrons. The second-order valence-corrected chi connectivity index (χ2v) is 2.86. The van der Waals surface area contributed by atoms with Gasteiger partial charge in [-0.05, 0) is 5.92 Å². The Morgan fingerprint density at radius 2 is 2.33 bits per heavy atom. The van der Waals surface area contributed by atoms with Crippen LogP contribution in [0.3, 0.4) is 0 Å². The van der Waals surface area contributed by atoms with E-state index in [4.69, 9.17) is 5.11 Å². The summed E-state index contributed by atoms with van der Waals surface area (Å²) in [5.74, 6) is -1.13. The lowest BCUT2D eigenvalue weighted by molar-refractivity contribution is -0.132. The first-order valence-corrected chi connectivity index (χ1v) is 3.73. The van der Waals surface area contributed by atoms with Gasteiger partial charge in [0.2, 0.25) is 0 Å². The first kappa shape index (κ1) is 8.71. The first-order valence-electron chi connectivity index (χ1n) is 3.73. The number of hydrogen-bond donors (Lipinski definition) is 1. The molecule has 0 spiro atoms. The van der Waals surface area contributed by atoms with E-state index in [1.165, 1.54) is 6.08 Å². The largest absolute Gasteiger partial charge is 0.478 e. The molecule has 0 amide bonds. The molecular weight excluding hydrogens is 156 g/mol. The predicted octanol–water partition coefficient (Wildman–Crippen LogP) is 1.02. The topological polar surface area (TPSA) is 54.4 Å². The molecule has 12 heavy (non-hydrogen) atoms. The van der Waals surface area contributed by atoms with Gasteiger partial charge in [0, 0.05) is 5.92 Å². The predicted molar refractivity (Wildman–Crippen MR) is 43.6 cm³/mol. The van der Waals surface area contributed by atoms with Crippen LogP contribution in [-0.2, 0) is 9.59 Å². The standard InChI is InChI=1S/C9H10O3/c1-6-4-7(9(11)12)2-3-8(6)5-10/h2-6,8H,1H3,(H,11,12). The molecule has 3 heteroatoms. The van der Waals surface area contributed by atoms with Crippen LogP contribution < -0.4 is 0 Å². The first-order chi connectivity index (χ1) is 5.65. The van der Waals surface area contributed by atoms with Crippen molar-refractivity contribution in [3.05, 3.63) is 23.8 Å². The number of carbonyl (C=O) groups is 2. The summed E-state index contributed by atoms with van der Waals surface area (Å²) in [6, 6.07) is 0. The molecule has 1 N–H and O–H groups in total. The van der Waals surface area contributed by atoms with Crippen LogP contribution in [0.2, 0.25) is 0 Å². The fourth-order valence-electron chi connectivity index (χ4n) is 1.15. The van der Waals surface area contributed by atoms with E-state index in [0.29, 0.717) is 0 Å². The zero-order valence-corrected chi connectivity index (χ0v) is 6.73. The summed E-state index contributed by atoms with van der Waals surface area (Å²) < 4.78 is 0. The van der Waals surface area contributed by atoms with Gasteiger partial charge < -0.3 is 9.90 Å². The third-order valence-corrected chi connectivity index (χ3v) is 1.95. The molecule has 0 saturated heterocycles. The van der Waals surface area contributed by atoms with Crippen molar-refractivity contribution in [3.63, 3.8) is 0 Å². The van der Waals surface area contributed by atoms with Gasteiger partial charge in [-0.25, -0.2) is 4.79 Å². The molecule has 0 heterocycles. The average Bonchev–Trinajstić information content (AvgIpc) is 2.04. The number of hydrogen-bond acceptors (Lipinski definition) is 2. The quantitative estimate of drug-likeness (QED) is 0.623. The molecule has 0 aliphatic heterocycles. The molecular formula is C9H10O3. The summed E-state index contributed by atoms with van der Waals surface area (Å²) in [7, 11) is 0. The Balaban J connectivity index is 2.82. The van der Waals surface area contributed by atoms with Crippen LogP contribution in [0.15, 0.2) is 23.8 Å². The van der Waals surface area contributed by atoms with Gasteiger partial charge in [-0.2, -0.15) is 0 Å². The number of carboxylic acids is 1. The highest BCUT2D eigenvalue weighted by Crippen LogP contribution is 2.20. The van der Waals surface area contributed by atoms with Crippen molar-refractivity contribution in [1.29, 1.82) is 0 Å². The monoisotopic (exact) mass is 166 g/mol. The van der Waals surface area contributed by atoms with E-state index in [2.05, 4.69) is 0 Å². The van der Waals surface area contributed by atoms with Gasteiger partial charge in [-0.3, -0.25) is 0 Å². The average molecular weight is 166 g/mol. The van der Waals surface area contributed by atoms with E-state index in [1.54, 1.807) is 12.2 Å². The maximum absolute atomic E-state index is 10.5. The summed E-state index contributed by atoms with van der Waals surface area (Å²) in [6.07, 6.45) is 5.53. The molecule has 0 aromatic heterocycles. The molecule has 0 aromatic carbocycles. The molecule has 0 bridgehead atoms. The minimum Gasteiger partial charge on any atom is -0.478 e. The van der Waals surface area contributed by atoms with Crippen LogP contribution in [0.5, 0.6) is 0 Å². The zero-order chi connectivity index (χ0) is 9.14. The highest BCUT2D eigenvalue weighted by molar-refractivity contribution is 5.90. The van der Waals surface area contributed by atoms with Crippen molar-refractivity contribution in [2.45, 2.75) is 6.92 Å². The van der Waals surface area contributed by atoms with E-state index < -0.39 is 5.97 Å². The third kappa shape index (κ3) is 1.61. The van der Waals surface area contributed by atoms with Gasteiger partial charge in [-0.1, -0.05) is 25.2 Å². The number of rotatable bonds is 2. The van der Waals surface area contributed by atoms with E-state index in [9.17, 15) is 9.59 Å². The van der Waals surface area contributed by atoms with Crippen LogP contribution in [-0.4, -0.2) is 17.4 Å². The molecule has 3 nitrogen and oxygen atoms in total. The van der Waals surface area contributed by atoms with Crippen LogP contribution in [0.25, 0.3) is 0 Å². The van der Waals surface area contributed by atoms with E-state index in [-0.39, 0.29) is 17.4 Å². The molecule has 2 unspecified atom stereocenters. The fraction of sp³-hybridized carbons (Fsp3) is 0.333. The molecule has 64 valence electrons. The minimum absolute atomic E-state index is 0.0152. The maximum atomic E-state index is 10.5. The Bertz CT molecular complexity index is 263. The smallest absolute Gasteiger partial charge is 0.335 e. The van der Waals surface area contributed by atoms with E-state index in [1.807, 2.05) is 6.92 Å². The van der Waals surface area contributed by atoms with Crippen molar-refractivity contribution in [2.75, 3.05) is 0 Å². The van der Waals surface area contributed by atoms with Crippen molar-refractivity contribution in [1.82, 2.24) is 0 Å². The van der Waals surface area contributed by atoms with Gasteiger partial charge in [0.25, 0.3) is 0 Å². The van der Waals surface area contributed by atoms with Crippen molar-refractivity contribution in [2.24, 2.45) is 11.8 Å². The molecule has 1 aliphatic carbocycles. The van der Waals surface area contributed by atoms with Gasteiger partial charge in [0.15, 0.2) is 0 Å². The Morgan fingerprint density at radius 1 is 1.67 bits per heavy atom. The molecule has 0 aromatic rings. The van der Waals surface area contributed by atoms with Crippen molar-refractivity contribution in [3.8, 4) is 0 Å². The SMILES string of the molecule is CC1C=C(C(=O)O)C=CC1C=O. The van der Waals surface area contributed by atoms with Crippen LogP contribution in [0.4, 0.5) is 0 Å². The van der Waals surface area contributed by atoms with E-state index >= 15 is 0 Å². The lowest BCUT2D eigenvalue weighted by atomic mass is 9.88. The summed E-state index contributed by atoms with van der Waals surface area (Å²) in [5.41, 5.74) is 0.264. The summed E-state index contributed by atoms with van der Waals surface area (Å²) in [6.45, 7) is 1.82. The van der Waals surface area contributed by atoms with Crippen LogP contribution in [0, 0.1) is 11.8 Å². The molecule has 1 rings (SSSR count). The van der Waals surface area contributed by atoms with Crippen molar-refractivity contribution >= 4 is 12.3 Å². The Kier molecular flexibility index (Phi) is 2.43. The number of aldehydes is 1. The highest BCUT2D eigenvalue weighted by Gasteiger charge is 2.18. The second-order valence-electron chi connectivity index (χ2n) is 2.86. The van der Waals surface area contributed by atoms with Crippen molar-refractivity contribution < 1.29 is 14.7 Å². The van der Waals surface area contributed by atoms with E-state index in [0.717, 1.165) is 6.29 Å². The number of carboxylic acid groups (broad SMARTS) is 1. The number of carbonyl (C=O) groups excluding carboxylic acids is 1. The maximum Gasteiger partial charge on any atom is 0.335 e. The minimum atomic E-state index is -0.942. The number of aliphatic carboxylic acids is 1. The third-order valence-electron chi connectivity index (χ3n) is 1.95. The lowest BCUT2D eigenvalue weighted by Gasteiger charge is -2.15. The highest BCUT2D eigenvalue weighted by atomic mass is 16.4. The van der Waals surface area contributed by atoms with Gasteiger partial charge >= 0.3 is 5.97 Å². The Labute approximate surface area is 70.4 Å². The fourth-order valence-corrected chi connectivity index (χ4v) is 1.15. The van der Waals surface area contributed by atoms with Crippen LogP contribution in [0.1, 0.15) is 6.92 Å². The van der Waals surface area contributed by atoms with Crippen LogP contribution >= 0.6 is 0 Å². The van der Waals surface area contributed by atoms with Gasteiger partial charge in [0.1, 0.15) is 6.29 Å². The second kappa shape index (κ2) is 3.34. The Morgan fingerprint density at radius 3 is 2.75 bits per heavy atom. The normalized spacial score (nSPS) is 27.9.